The molecule has 1 aromatic carbocycles. The molecule has 0 saturated heterocycles. The van der Waals surface area contributed by atoms with Crippen LogP contribution in [0, 0.1) is 11.3 Å². The van der Waals surface area contributed by atoms with E-state index in [0.29, 0.717) is 11.1 Å². The fourth-order valence-corrected chi connectivity index (χ4v) is 3.55. The number of pyridine rings is 1. The van der Waals surface area contributed by atoms with Crippen LogP contribution < -0.4 is 10.6 Å². The first-order chi connectivity index (χ1) is 16.6. The summed E-state index contributed by atoms with van der Waals surface area (Å²) in [5, 5.41) is 17.5. The number of carbonyl (C=O) groups excluding carboxylic acids is 1. The number of rotatable bonds is 7. The molecule has 0 radical (unpaired) electrons. The lowest BCUT2D eigenvalue weighted by atomic mass is 10.00. The highest BCUT2D eigenvalue weighted by atomic mass is 19.1. The molecule has 4 rings (SSSR count). The Morgan fingerprint density at radius 1 is 1.14 bits per heavy atom. The quantitative estimate of drug-likeness (QED) is 0.272. The third kappa shape index (κ3) is 5.43. The van der Waals surface area contributed by atoms with Crippen LogP contribution in [0.25, 0.3) is 27.8 Å². The largest absolute Gasteiger partial charge is 0.384 e. The minimum atomic E-state index is -0.564. The Kier molecular flexibility index (Phi) is 6.46. The van der Waals surface area contributed by atoms with E-state index in [1.165, 1.54) is 12.3 Å². The zero-order valence-electron chi connectivity index (χ0n) is 20.0. The Labute approximate surface area is 202 Å². The molecule has 0 unspecified atom stereocenters. The lowest BCUT2D eigenvalue weighted by Gasteiger charge is -2.19. The Hall–Kier alpha value is -4.34. The molecule has 0 bridgehead atoms. The first-order valence-corrected chi connectivity index (χ1v) is 11.0. The number of halogens is 1. The van der Waals surface area contributed by atoms with Crippen molar-refractivity contribution in [3.8, 4) is 22.3 Å². The molecule has 0 aliphatic heterocycles. The highest BCUT2D eigenvalue weighted by Crippen LogP contribution is 2.31. The molecule has 0 aliphatic carbocycles. The number of hydrogen-bond donors (Lipinski definition) is 3. The number of carbonyl (C=O) groups is 1. The number of nitrogens with one attached hydrogen (secondary N) is 3. The number of fused-ring (bicyclic) bond motifs is 1. The zero-order chi connectivity index (χ0) is 25.2. The number of aryl methyl sites for hydroxylation is 1. The van der Waals surface area contributed by atoms with Crippen LogP contribution in [0.4, 0.5) is 4.39 Å². The molecule has 35 heavy (non-hydrogen) atoms. The van der Waals surface area contributed by atoms with Gasteiger partial charge in [-0.15, -0.1) is 0 Å². The van der Waals surface area contributed by atoms with E-state index in [0.717, 1.165) is 22.2 Å². The first kappa shape index (κ1) is 23.8. The second kappa shape index (κ2) is 9.49. The highest BCUT2D eigenvalue weighted by molar-refractivity contribution is 5.92. The van der Waals surface area contributed by atoms with Crippen molar-refractivity contribution in [3.63, 3.8) is 0 Å². The third-order valence-electron chi connectivity index (χ3n) is 5.34. The van der Waals surface area contributed by atoms with Crippen molar-refractivity contribution in [2.24, 2.45) is 12.2 Å². The topological polar surface area (TPSA) is 112 Å². The van der Waals surface area contributed by atoms with Gasteiger partial charge in [0.2, 0.25) is 0 Å². The molecule has 4 aromatic rings. The number of benzene rings is 1. The van der Waals surface area contributed by atoms with Crippen molar-refractivity contribution in [1.82, 2.24) is 30.0 Å². The normalized spacial score (nSPS) is 12.1. The van der Waals surface area contributed by atoms with Gasteiger partial charge in [0.1, 0.15) is 5.82 Å². The summed E-state index contributed by atoms with van der Waals surface area (Å²) in [4.78, 5) is 12.4. The van der Waals surface area contributed by atoms with Crippen molar-refractivity contribution in [2.45, 2.75) is 32.9 Å². The molecule has 0 spiro atoms. The van der Waals surface area contributed by atoms with Gasteiger partial charge in [0.25, 0.3) is 5.91 Å². The van der Waals surface area contributed by atoms with Crippen molar-refractivity contribution < 1.29 is 9.18 Å². The minimum Gasteiger partial charge on any atom is -0.384 e. The summed E-state index contributed by atoms with van der Waals surface area (Å²) in [7, 11) is 1.85. The van der Waals surface area contributed by atoms with Gasteiger partial charge < -0.3 is 10.6 Å². The maximum atomic E-state index is 15.1. The fraction of sp³-hybridized carbons (Fsp3) is 0.240. The van der Waals surface area contributed by atoms with Crippen LogP contribution in [0.15, 0.2) is 72.1 Å². The Balaban J connectivity index is 1.57. The zero-order valence-corrected chi connectivity index (χ0v) is 20.0. The standard InChI is InChI=1S/C25H27FN8O/c1-25(2,3)29-13-22(32-27)24(35)28-11-17-6-5-16(10-21(17)26)20-9-18(19-12-31-33(4)14-19)15-34-23(20)7-8-30-34/h5-10,12-15,27,29H,11H2,1-4H3,(H,28,35)/b22-13-,32-27?. The SMILES string of the molecule is Cn1cc(-c2cc(-c3ccc(CNC(=O)/C(=C/NC(C)(C)C)N=N)c(F)c3)c3ccnn3c2)cn1. The summed E-state index contributed by atoms with van der Waals surface area (Å²) >= 11 is 0. The summed E-state index contributed by atoms with van der Waals surface area (Å²) in [6.45, 7) is 5.73. The van der Waals surface area contributed by atoms with Crippen LogP contribution in [-0.4, -0.2) is 30.8 Å². The van der Waals surface area contributed by atoms with Crippen molar-refractivity contribution in [2.75, 3.05) is 0 Å². The van der Waals surface area contributed by atoms with Crippen LogP contribution in [0.3, 0.4) is 0 Å². The second-order valence-corrected chi connectivity index (χ2v) is 9.23. The predicted molar refractivity (Wildman–Crippen MR) is 131 cm³/mol. The molecular weight excluding hydrogens is 447 g/mol. The van der Waals surface area contributed by atoms with Crippen LogP contribution >= 0.6 is 0 Å². The van der Waals surface area contributed by atoms with Gasteiger partial charge in [0, 0.05) is 66.2 Å². The average molecular weight is 475 g/mol. The maximum Gasteiger partial charge on any atom is 0.273 e. The molecule has 180 valence electrons. The summed E-state index contributed by atoms with van der Waals surface area (Å²) in [5.74, 6) is -1.02. The van der Waals surface area contributed by atoms with E-state index < -0.39 is 11.7 Å². The molecular formula is C25H27FN8O. The molecule has 0 fully saturated rings. The molecule has 3 heterocycles. The van der Waals surface area contributed by atoms with E-state index in [2.05, 4.69) is 25.9 Å². The summed E-state index contributed by atoms with van der Waals surface area (Å²) in [6.07, 6.45) is 8.66. The monoisotopic (exact) mass is 474 g/mol. The van der Waals surface area contributed by atoms with Gasteiger partial charge >= 0.3 is 0 Å². The maximum absolute atomic E-state index is 15.1. The lowest BCUT2D eigenvalue weighted by Crippen LogP contribution is -2.33. The average Bonchev–Trinajstić information content (AvgIpc) is 3.46. The third-order valence-corrected chi connectivity index (χ3v) is 5.34. The van der Waals surface area contributed by atoms with E-state index in [4.69, 9.17) is 5.53 Å². The summed E-state index contributed by atoms with van der Waals surface area (Å²) < 4.78 is 18.5. The molecule has 0 aliphatic rings. The van der Waals surface area contributed by atoms with Gasteiger partial charge in [-0.1, -0.05) is 12.1 Å². The molecule has 9 nitrogen and oxygen atoms in total. The summed E-state index contributed by atoms with van der Waals surface area (Å²) in [5.41, 5.74) is 11.4. The lowest BCUT2D eigenvalue weighted by molar-refractivity contribution is -0.117. The van der Waals surface area contributed by atoms with Gasteiger partial charge in [-0.25, -0.2) is 14.4 Å². The number of hydrogen-bond acceptors (Lipinski definition) is 6. The van der Waals surface area contributed by atoms with Gasteiger partial charge in [-0.05, 0) is 44.5 Å². The van der Waals surface area contributed by atoms with Crippen LogP contribution in [0.1, 0.15) is 26.3 Å². The van der Waals surface area contributed by atoms with Gasteiger partial charge in [-0.2, -0.15) is 15.3 Å². The van der Waals surface area contributed by atoms with E-state index >= 15 is 4.39 Å². The first-order valence-electron chi connectivity index (χ1n) is 11.0. The fourth-order valence-electron chi connectivity index (χ4n) is 3.55. The van der Waals surface area contributed by atoms with Gasteiger partial charge in [0.05, 0.1) is 11.7 Å². The van der Waals surface area contributed by atoms with Crippen LogP contribution in [0.5, 0.6) is 0 Å². The number of amides is 1. The minimum absolute atomic E-state index is 0.0366. The molecule has 3 N–H and O–H groups in total. The van der Waals surface area contributed by atoms with Crippen molar-refractivity contribution in [1.29, 1.82) is 5.53 Å². The van der Waals surface area contributed by atoms with Crippen molar-refractivity contribution >= 4 is 11.4 Å². The summed E-state index contributed by atoms with van der Waals surface area (Å²) in [6, 6.07) is 8.76. The smallest absolute Gasteiger partial charge is 0.273 e. The molecule has 10 heteroatoms. The van der Waals surface area contributed by atoms with Crippen molar-refractivity contribution in [3.05, 3.63) is 78.4 Å². The van der Waals surface area contributed by atoms with E-state index in [-0.39, 0.29) is 17.8 Å². The van der Waals surface area contributed by atoms with E-state index in [9.17, 15) is 4.79 Å². The van der Waals surface area contributed by atoms with Crippen LogP contribution in [0.2, 0.25) is 0 Å². The predicted octanol–water partition coefficient (Wildman–Crippen LogP) is 4.42. The molecule has 0 saturated carbocycles. The van der Waals surface area contributed by atoms with E-state index in [1.807, 2.05) is 58.4 Å². The molecule has 1 amide bonds. The Bertz CT molecular complexity index is 1430. The van der Waals surface area contributed by atoms with Gasteiger partial charge in [0.15, 0.2) is 5.70 Å². The molecule has 3 aromatic heterocycles. The number of aromatic nitrogens is 4. The van der Waals surface area contributed by atoms with Crippen LogP contribution in [-0.2, 0) is 18.4 Å². The Morgan fingerprint density at radius 2 is 1.94 bits per heavy atom. The highest BCUT2D eigenvalue weighted by Gasteiger charge is 2.15. The second-order valence-electron chi connectivity index (χ2n) is 9.23. The van der Waals surface area contributed by atoms with Gasteiger partial charge in [-0.3, -0.25) is 9.48 Å². The van der Waals surface area contributed by atoms with E-state index in [1.54, 1.807) is 27.7 Å². The molecule has 0 atom stereocenters. The number of nitrogens with zero attached hydrogens (tertiary/aromatic N) is 5. The Morgan fingerprint density at radius 3 is 2.60 bits per heavy atom.